The van der Waals surface area contributed by atoms with Gasteiger partial charge in [0.2, 0.25) is 6.29 Å². The number of hydrogen-bond acceptors (Lipinski definition) is 14. The Kier molecular flexibility index (Phi) is 8.78. The molecular weight excluding hydrogens is 524 g/mol. The van der Waals surface area contributed by atoms with Crippen LogP contribution < -0.4 is 9.47 Å². The summed E-state index contributed by atoms with van der Waals surface area (Å²) in [5.41, 5.74) is -2.00. The van der Waals surface area contributed by atoms with Crippen molar-refractivity contribution in [2.24, 2.45) is 0 Å². The van der Waals surface area contributed by atoms with Crippen molar-refractivity contribution in [2.75, 3.05) is 26.9 Å². The maximum absolute atomic E-state index is 12.4. The minimum absolute atomic E-state index is 0.0142. The standard InChI is InChI=1S/C25H30O14/c1-34-16-8-12(2-7-15(16)27)22(32)36-10-25(33)11-37-24(21(25)31)35-9-17-18(28)19(29)20(30)23(39-17)38-14-5-3-13(26)4-6-14/h2-8,17-21,23-24,26-31,33H,9-11H2,1H3/t17-,18-,19+,20-,21+,23-,24-,25-/m1/s1. The Morgan fingerprint density at radius 1 is 1.00 bits per heavy atom. The highest BCUT2D eigenvalue weighted by atomic mass is 16.7. The molecule has 0 bridgehead atoms. The third kappa shape index (κ3) is 6.34. The smallest absolute Gasteiger partial charge is 0.338 e. The molecule has 7 N–H and O–H groups in total. The number of phenolic OH excluding ortho intramolecular Hbond substituents is 2. The molecular formula is C25H30O14. The van der Waals surface area contributed by atoms with Crippen molar-refractivity contribution in [3.63, 3.8) is 0 Å². The number of hydrogen-bond donors (Lipinski definition) is 7. The van der Waals surface area contributed by atoms with E-state index in [1.165, 1.54) is 49.6 Å². The first-order chi connectivity index (χ1) is 18.5. The third-order valence-electron chi connectivity index (χ3n) is 6.36. The number of aliphatic hydroxyl groups excluding tert-OH is 4. The number of esters is 1. The Labute approximate surface area is 222 Å². The first-order valence-electron chi connectivity index (χ1n) is 11.9. The van der Waals surface area contributed by atoms with E-state index in [0.717, 1.165) is 0 Å². The first kappa shape index (κ1) is 28.8. The maximum Gasteiger partial charge on any atom is 0.338 e. The molecule has 4 rings (SSSR count). The van der Waals surface area contributed by atoms with Crippen LogP contribution in [-0.4, -0.2) is 117 Å². The second kappa shape index (κ2) is 11.9. The summed E-state index contributed by atoms with van der Waals surface area (Å²) in [5, 5.41) is 71.3. The Balaban J connectivity index is 1.32. The highest BCUT2D eigenvalue weighted by molar-refractivity contribution is 5.90. The van der Waals surface area contributed by atoms with Crippen LogP contribution in [0.3, 0.4) is 0 Å². The maximum atomic E-state index is 12.4. The Morgan fingerprint density at radius 2 is 1.72 bits per heavy atom. The summed E-state index contributed by atoms with van der Waals surface area (Å²) in [6.07, 6.45) is -10.6. The largest absolute Gasteiger partial charge is 0.508 e. The predicted octanol–water partition coefficient (Wildman–Crippen LogP) is -1.39. The average Bonchev–Trinajstić information content (AvgIpc) is 3.21. The van der Waals surface area contributed by atoms with Crippen LogP contribution in [0.2, 0.25) is 0 Å². The van der Waals surface area contributed by atoms with Crippen molar-refractivity contribution in [2.45, 2.75) is 48.7 Å². The summed E-state index contributed by atoms with van der Waals surface area (Å²) < 4.78 is 31.9. The van der Waals surface area contributed by atoms with Gasteiger partial charge in [-0.15, -0.1) is 0 Å². The molecule has 0 amide bonds. The Bertz CT molecular complexity index is 1130. The second-order valence-electron chi connectivity index (χ2n) is 9.15. The number of phenols is 2. The van der Waals surface area contributed by atoms with E-state index in [0.29, 0.717) is 0 Å². The lowest BCUT2D eigenvalue weighted by molar-refractivity contribution is -0.289. The van der Waals surface area contributed by atoms with Gasteiger partial charge in [0.1, 0.15) is 48.6 Å². The van der Waals surface area contributed by atoms with E-state index in [1.54, 1.807) is 0 Å². The fourth-order valence-corrected chi connectivity index (χ4v) is 4.00. The zero-order chi connectivity index (χ0) is 28.3. The van der Waals surface area contributed by atoms with Crippen molar-refractivity contribution in [1.29, 1.82) is 0 Å². The summed E-state index contributed by atoms with van der Waals surface area (Å²) in [4.78, 5) is 12.4. The van der Waals surface area contributed by atoms with Crippen molar-refractivity contribution >= 4 is 5.97 Å². The van der Waals surface area contributed by atoms with E-state index in [4.69, 9.17) is 28.4 Å². The molecule has 0 aromatic heterocycles. The van der Waals surface area contributed by atoms with Crippen molar-refractivity contribution in [3.8, 4) is 23.0 Å². The van der Waals surface area contributed by atoms with Gasteiger partial charge in [-0.1, -0.05) is 0 Å². The van der Waals surface area contributed by atoms with Crippen LogP contribution in [0.5, 0.6) is 23.0 Å². The molecule has 0 spiro atoms. The van der Waals surface area contributed by atoms with Crippen molar-refractivity contribution in [3.05, 3.63) is 48.0 Å². The van der Waals surface area contributed by atoms with Crippen molar-refractivity contribution < 1.29 is 69.0 Å². The fraction of sp³-hybridized carbons (Fsp3) is 0.480. The molecule has 8 atom stereocenters. The normalized spacial score (nSPS) is 32.5. The van der Waals surface area contributed by atoms with Crippen molar-refractivity contribution in [1.82, 2.24) is 0 Å². The molecule has 2 saturated heterocycles. The van der Waals surface area contributed by atoms with Gasteiger partial charge in [0.25, 0.3) is 0 Å². The van der Waals surface area contributed by atoms with Gasteiger partial charge in [-0.05, 0) is 42.5 Å². The summed E-state index contributed by atoms with van der Waals surface area (Å²) in [7, 11) is 1.31. The van der Waals surface area contributed by atoms with Gasteiger partial charge in [-0.25, -0.2) is 4.79 Å². The monoisotopic (exact) mass is 554 g/mol. The fourth-order valence-electron chi connectivity index (χ4n) is 4.00. The first-order valence-corrected chi connectivity index (χ1v) is 11.9. The minimum Gasteiger partial charge on any atom is -0.508 e. The molecule has 2 heterocycles. The lowest BCUT2D eigenvalue weighted by Crippen LogP contribution is -2.60. The highest BCUT2D eigenvalue weighted by Gasteiger charge is 2.51. The SMILES string of the molecule is COc1cc(C(=O)OC[C@@]2(O)CO[C@@H](OC[C@H]3O[C@@H](Oc4ccc(O)cc4)[C@H](O)[C@@H](O)[C@@H]3O)[C@@H]2O)ccc1O. The van der Waals surface area contributed by atoms with E-state index in [1.807, 2.05) is 0 Å². The molecule has 39 heavy (non-hydrogen) atoms. The number of carbonyl (C=O) groups excluding carboxylic acids is 1. The number of rotatable bonds is 9. The number of ether oxygens (including phenoxy) is 6. The molecule has 14 nitrogen and oxygen atoms in total. The molecule has 2 aromatic carbocycles. The second-order valence-corrected chi connectivity index (χ2v) is 9.15. The van der Waals surface area contributed by atoms with Gasteiger partial charge < -0.3 is 64.2 Å². The van der Waals surface area contributed by atoms with Crippen LogP contribution in [0, 0.1) is 0 Å². The van der Waals surface area contributed by atoms with Gasteiger partial charge >= 0.3 is 5.97 Å². The molecule has 2 aliphatic rings. The number of carbonyl (C=O) groups is 1. The number of aromatic hydroxyl groups is 2. The van der Waals surface area contributed by atoms with E-state index >= 15 is 0 Å². The Morgan fingerprint density at radius 3 is 2.41 bits per heavy atom. The number of aliphatic hydroxyl groups is 5. The molecule has 0 unspecified atom stereocenters. The zero-order valence-electron chi connectivity index (χ0n) is 20.7. The van der Waals surface area contributed by atoms with Crippen LogP contribution in [-0.2, 0) is 18.9 Å². The van der Waals surface area contributed by atoms with E-state index in [2.05, 4.69) is 0 Å². The van der Waals surface area contributed by atoms with E-state index < -0.39 is 74.5 Å². The Hall–Kier alpha value is -3.21. The average molecular weight is 555 g/mol. The molecule has 0 saturated carbocycles. The van der Waals surface area contributed by atoms with Crippen LogP contribution in [0.25, 0.3) is 0 Å². The van der Waals surface area contributed by atoms with Crippen LogP contribution in [0.1, 0.15) is 10.4 Å². The molecule has 14 heteroatoms. The van der Waals surface area contributed by atoms with Crippen LogP contribution >= 0.6 is 0 Å². The van der Waals surface area contributed by atoms with E-state index in [-0.39, 0.29) is 28.6 Å². The van der Waals surface area contributed by atoms with Gasteiger partial charge in [0, 0.05) is 0 Å². The highest BCUT2D eigenvalue weighted by Crippen LogP contribution is 2.30. The topological polar surface area (TPSA) is 214 Å². The summed E-state index contributed by atoms with van der Waals surface area (Å²) >= 11 is 0. The molecule has 214 valence electrons. The molecule has 2 aliphatic heterocycles. The van der Waals surface area contributed by atoms with E-state index in [9.17, 15) is 40.5 Å². The summed E-state index contributed by atoms with van der Waals surface area (Å²) in [5.74, 6) is -0.801. The van der Waals surface area contributed by atoms with Crippen LogP contribution in [0.15, 0.2) is 42.5 Å². The molecule has 2 fully saturated rings. The van der Waals surface area contributed by atoms with Gasteiger partial charge in [-0.2, -0.15) is 0 Å². The van der Waals surface area contributed by atoms with Gasteiger partial charge in [0.15, 0.2) is 23.4 Å². The predicted molar refractivity (Wildman–Crippen MR) is 127 cm³/mol. The molecule has 2 aromatic rings. The quantitative estimate of drug-likeness (QED) is 0.178. The summed E-state index contributed by atoms with van der Waals surface area (Å²) in [6.45, 7) is -1.58. The van der Waals surface area contributed by atoms with Gasteiger partial charge in [0.05, 0.1) is 25.9 Å². The minimum atomic E-state index is -2.03. The zero-order valence-corrected chi connectivity index (χ0v) is 20.7. The number of benzene rings is 2. The summed E-state index contributed by atoms with van der Waals surface area (Å²) in [6, 6.07) is 9.27. The van der Waals surface area contributed by atoms with Gasteiger partial charge in [-0.3, -0.25) is 0 Å². The number of methoxy groups -OCH3 is 1. The lowest BCUT2D eigenvalue weighted by atomic mass is 9.99. The third-order valence-corrected chi connectivity index (χ3v) is 6.36. The molecule has 0 radical (unpaired) electrons. The molecule has 0 aliphatic carbocycles. The lowest BCUT2D eigenvalue weighted by Gasteiger charge is -2.40. The van der Waals surface area contributed by atoms with Crippen LogP contribution in [0.4, 0.5) is 0 Å².